The Bertz CT molecular complexity index is 417. The van der Waals surface area contributed by atoms with Crippen molar-refractivity contribution in [1.82, 2.24) is 0 Å². The highest BCUT2D eigenvalue weighted by Gasteiger charge is 2.18. The molecule has 0 N–H and O–H groups in total. The lowest BCUT2D eigenvalue weighted by atomic mass is 9.96. The average molecular weight is 272 g/mol. The van der Waals surface area contributed by atoms with Crippen LogP contribution in [0.3, 0.4) is 0 Å². The number of hydrogen-bond acceptors (Lipinski definition) is 1. The van der Waals surface area contributed by atoms with Crippen LogP contribution in [0.15, 0.2) is 49.6 Å². The Hall–Kier alpha value is -1.34. The second-order valence-corrected chi connectivity index (χ2v) is 6.12. The summed E-state index contributed by atoms with van der Waals surface area (Å²) < 4.78 is 6.04. The lowest BCUT2D eigenvalue weighted by molar-refractivity contribution is -0.00627. The second-order valence-electron chi connectivity index (χ2n) is 6.12. The highest BCUT2D eigenvalue weighted by Crippen LogP contribution is 2.22. The summed E-state index contributed by atoms with van der Waals surface area (Å²) in [5, 5.41) is 0. The van der Waals surface area contributed by atoms with Gasteiger partial charge >= 0.3 is 0 Å². The number of allylic oxidation sites excluding steroid dienone is 1. The van der Waals surface area contributed by atoms with Crippen LogP contribution in [0.25, 0.3) is 5.57 Å². The third-order valence-corrected chi connectivity index (χ3v) is 3.66. The standard InChI is InChI=1S/C19H28O/c1-6-16(2)11-10-14-19(4,5)20-15-17(3)18-12-8-7-9-13-18/h6-9,12-13,16H,1,3,10-11,14-15H2,2,4-5H3/t16-/m1/s1. The Balaban J connectivity index is 2.35. The van der Waals surface area contributed by atoms with Gasteiger partial charge in [-0.05, 0) is 43.7 Å². The van der Waals surface area contributed by atoms with Crippen molar-refractivity contribution in [1.29, 1.82) is 0 Å². The molecule has 1 nitrogen and oxygen atoms in total. The first-order valence-electron chi connectivity index (χ1n) is 7.44. The summed E-state index contributed by atoms with van der Waals surface area (Å²) in [5.41, 5.74) is 2.10. The van der Waals surface area contributed by atoms with Crippen molar-refractivity contribution in [3.05, 3.63) is 55.1 Å². The van der Waals surface area contributed by atoms with Gasteiger partial charge in [-0.3, -0.25) is 0 Å². The first-order valence-corrected chi connectivity index (χ1v) is 7.44. The Morgan fingerprint density at radius 3 is 2.55 bits per heavy atom. The number of benzene rings is 1. The fourth-order valence-electron chi connectivity index (χ4n) is 2.08. The van der Waals surface area contributed by atoms with E-state index < -0.39 is 0 Å². The third-order valence-electron chi connectivity index (χ3n) is 3.66. The van der Waals surface area contributed by atoms with Crippen molar-refractivity contribution in [2.75, 3.05) is 6.61 Å². The number of hydrogen-bond donors (Lipinski definition) is 0. The largest absolute Gasteiger partial charge is 0.371 e. The van der Waals surface area contributed by atoms with E-state index in [0.29, 0.717) is 12.5 Å². The van der Waals surface area contributed by atoms with Gasteiger partial charge in [-0.1, -0.05) is 56.3 Å². The molecule has 0 bridgehead atoms. The van der Waals surface area contributed by atoms with Crippen LogP contribution in [0.4, 0.5) is 0 Å². The summed E-state index contributed by atoms with van der Waals surface area (Å²) in [6.07, 6.45) is 5.42. The molecular weight excluding hydrogens is 244 g/mol. The van der Waals surface area contributed by atoms with Crippen LogP contribution < -0.4 is 0 Å². The maximum Gasteiger partial charge on any atom is 0.0724 e. The normalized spacial score (nSPS) is 12.9. The molecule has 1 atom stereocenters. The van der Waals surface area contributed by atoms with Crippen LogP contribution in [-0.2, 0) is 4.74 Å². The van der Waals surface area contributed by atoms with Gasteiger partial charge in [0.15, 0.2) is 0 Å². The lowest BCUT2D eigenvalue weighted by Gasteiger charge is -2.26. The van der Waals surface area contributed by atoms with Crippen molar-refractivity contribution in [2.45, 2.75) is 45.6 Å². The molecule has 0 unspecified atom stereocenters. The molecule has 0 fully saturated rings. The van der Waals surface area contributed by atoms with Crippen LogP contribution >= 0.6 is 0 Å². The predicted molar refractivity (Wildman–Crippen MR) is 88.7 cm³/mol. The van der Waals surface area contributed by atoms with E-state index in [4.69, 9.17) is 4.74 Å². The molecule has 20 heavy (non-hydrogen) atoms. The number of ether oxygens (including phenoxy) is 1. The summed E-state index contributed by atoms with van der Waals surface area (Å²) in [5.74, 6) is 0.588. The van der Waals surface area contributed by atoms with Crippen molar-refractivity contribution in [2.24, 2.45) is 5.92 Å². The number of rotatable bonds is 9. The molecule has 0 aromatic heterocycles. The lowest BCUT2D eigenvalue weighted by Crippen LogP contribution is -2.25. The Morgan fingerprint density at radius 1 is 1.30 bits per heavy atom. The molecule has 1 aromatic rings. The van der Waals surface area contributed by atoms with E-state index in [2.05, 4.69) is 46.1 Å². The van der Waals surface area contributed by atoms with E-state index >= 15 is 0 Å². The quantitative estimate of drug-likeness (QED) is 0.540. The van der Waals surface area contributed by atoms with Gasteiger partial charge in [-0.15, -0.1) is 6.58 Å². The fraction of sp³-hybridized carbons (Fsp3) is 0.474. The van der Waals surface area contributed by atoms with Crippen molar-refractivity contribution in [3.63, 3.8) is 0 Å². The fourth-order valence-corrected chi connectivity index (χ4v) is 2.08. The molecule has 0 aliphatic heterocycles. The maximum atomic E-state index is 6.04. The van der Waals surface area contributed by atoms with Gasteiger partial charge in [0.05, 0.1) is 12.2 Å². The molecule has 0 aliphatic carbocycles. The molecule has 0 saturated carbocycles. The molecule has 0 heterocycles. The summed E-state index contributed by atoms with van der Waals surface area (Å²) in [6, 6.07) is 10.2. The van der Waals surface area contributed by atoms with Gasteiger partial charge in [0, 0.05) is 0 Å². The first-order chi connectivity index (χ1) is 9.44. The molecule has 0 saturated heterocycles. The molecule has 0 radical (unpaired) electrons. The minimum absolute atomic E-state index is 0.0986. The molecule has 1 rings (SSSR count). The highest BCUT2D eigenvalue weighted by atomic mass is 16.5. The van der Waals surface area contributed by atoms with E-state index in [1.807, 2.05) is 24.3 Å². The van der Waals surface area contributed by atoms with Crippen LogP contribution in [0.1, 0.15) is 45.6 Å². The average Bonchev–Trinajstić information content (AvgIpc) is 2.45. The van der Waals surface area contributed by atoms with Gasteiger partial charge in [0.2, 0.25) is 0 Å². The summed E-state index contributed by atoms with van der Waals surface area (Å²) in [4.78, 5) is 0. The summed E-state index contributed by atoms with van der Waals surface area (Å²) in [6.45, 7) is 15.0. The maximum absolute atomic E-state index is 6.04. The zero-order valence-electron chi connectivity index (χ0n) is 13.2. The van der Waals surface area contributed by atoms with Crippen LogP contribution in [0.2, 0.25) is 0 Å². The first kappa shape index (κ1) is 16.7. The Morgan fingerprint density at radius 2 is 1.95 bits per heavy atom. The topological polar surface area (TPSA) is 9.23 Å². The molecule has 0 aliphatic rings. The van der Waals surface area contributed by atoms with Gasteiger partial charge < -0.3 is 4.74 Å². The Labute approximate surface area is 124 Å². The van der Waals surface area contributed by atoms with Crippen molar-refractivity contribution >= 4 is 5.57 Å². The smallest absolute Gasteiger partial charge is 0.0724 e. The molecule has 1 heteroatoms. The van der Waals surface area contributed by atoms with Crippen molar-refractivity contribution in [3.8, 4) is 0 Å². The van der Waals surface area contributed by atoms with Crippen LogP contribution in [0, 0.1) is 5.92 Å². The molecule has 0 amide bonds. The van der Waals surface area contributed by atoms with Gasteiger partial charge in [-0.2, -0.15) is 0 Å². The molecular formula is C19H28O. The molecule has 0 spiro atoms. The summed E-state index contributed by atoms with van der Waals surface area (Å²) >= 11 is 0. The van der Waals surface area contributed by atoms with E-state index in [-0.39, 0.29) is 5.60 Å². The minimum Gasteiger partial charge on any atom is -0.371 e. The third kappa shape index (κ3) is 6.21. The zero-order valence-corrected chi connectivity index (χ0v) is 13.2. The summed E-state index contributed by atoms with van der Waals surface area (Å²) in [7, 11) is 0. The zero-order chi connectivity index (χ0) is 15.0. The monoisotopic (exact) mass is 272 g/mol. The predicted octanol–water partition coefficient (Wildman–Crippen LogP) is 5.49. The van der Waals surface area contributed by atoms with Crippen LogP contribution in [-0.4, -0.2) is 12.2 Å². The van der Waals surface area contributed by atoms with Crippen LogP contribution in [0.5, 0.6) is 0 Å². The second kappa shape index (κ2) is 8.06. The van der Waals surface area contributed by atoms with E-state index in [9.17, 15) is 0 Å². The van der Waals surface area contributed by atoms with Crippen molar-refractivity contribution < 1.29 is 4.74 Å². The minimum atomic E-state index is -0.0986. The van der Waals surface area contributed by atoms with E-state index in [1.165, 1.54) is 6.42 Å². The van der Waals surface area contributed by atoms with Gasteiger partial charge in [-0.25, -0.2) is 0 Å². The molecule has 110 valence electrons. The van der Waals surface area contributed by atoms with Gasteiger partial charge in [0.25, 0.3) is 0 Å². The molecule has 1 aromatic carbocycles. The SMILES string of the molecule is C=C[C@@H](C)CCCC(C)(C)OCC(=C)c1ccccc1. The van der Waals surface area contributed by atoms with E-state index in [1.54, 1.807) is 0 Å². The van der Waals surface area contributed by atoms with Gasteiger partial charge in [0.1, 0.15) is 0 Å². The highest BCUT2D eigenvalue weighted by molar-refractivity contribution is 5.63. The van der Waals surface area contributed by atoms with E-state index in [0.717, 1.165) is 24.0 Å². The Kier molecular flexibility index (Phi) is 6.74.